The van der Waals surface area contributed by atoms with Crippen LogP contribution in [0.1, 0.15) is 38.5 Å². The first-order valence-electron chi connectivity index (χ1n) is 8.02. The van der Waals surface area contributed by atoms with Crippen LogP contribution < -0.4 is 5.32 Å². The average molecular weight is 341 g/mol. The molecule has 0 aromatic carbocycles. The highest BCUT2D eigenvalue weighted by Gasteiger charge is 2.46. The Labute approximate surface area is 136 Å². The van der Waals surface area contributed by atoms with Crippen molar-refractivity contribution in [3.8, 4) is 0 Å². The van der Waals surface area contributed by atoms with Crippen LogP contribution in [-0.2, 0) is 15.0 Å². The topological polar surface area (TPSA) is 82.9 Å². The van der Waals surface area contributed by atoms with E-state index in [1.807, 2.05) is 13.8 Å². The normalized spacial score (nSPS) is 27.5. The Balaban J connectivity index is 1.92. The molecule has 128 valence electrons. The summed E-state index contributed by atoms with van der Waals surface area (Å²) in [5, 5.41) is 2.76. The zero-order valence-corrected chi connectivity index (χ0v) is 14.3. The molecule has 0 bridgehead atoms. The molecular weight excluding hydrogens is 318 g/mol. The molecule has 8 heteroatoms. The molecule has 2 unspecified atom stereocenters. The number of rotatable bonds is 4. The Morgan fingerprint density at radius 1 is 1.30 bits per heavy atom. The third-order valence-corrected chi connectivity index (χ3v) is 6.54. The SMILES string of the molecule is CC(C)C1C(=O)NCCN1S(=O)(=O)N1CCCC1c1ccco1. The second-order valence-electron chi connectivity index (χ2n) is 6.38. The molecular formula is C15H23N3O4S. The zero-order valence-electron chi connectivity index (χ0n) is 13.4. The van der Waals surface area contributed by atoms with Gasteiger partial charge in [0.05, 0.1) is 12.3 Å². The molecule has 1 aromatic heterocycles. The lowest BCUT2D eigenvalue weighted by atomic mass is 10.0. The van der Waals surface area contributed by atoms with Gasteiger partial charge in [-0.2, -0.15) is 17.0 Å². The van der Waals surface area contributed by atoms with Gasteiger partial charge in [-0.1, -0.05) is 13.8 Å². The molecule has 2 saturated heterocycles. The number of hydrogen-bond donors (Lipinski definition) is 1. The fourth-order valence-electron chi connectivity index (χ4n) is 3.47. The summed E-state index contributed by atoms with van der Waals surface area (Å²) in [6, 6.07) is 2.63. The van der Waals surface area contributed by atoms with Crippen molar-refractivity contribution < 1.29 is 17.6 Å². The molecule has 23 heavy (non-hydrogen) atoms. The first-order chi connectivity index (χ1) is 10.9. The third-order valence-electron chi connectivity index (χ3n) is 4.51. The summed E-state index contributed by atoms with van der Waals surface area (Å²) in [6.07, 6.45) is 3.08. The van der Waals surface area contributed by atoms with Gasteiger partial charge in [-0.3, -0.25) is 4.79 Å². The Kier molecular flexibility index (Phi) is 4.48. The molecule has 0 radical (unpaired) electrons. The van der Waals surface area contributed by atoms with Crippen LogP contribution in [0.5, 0.6) is 0 Å². The fourth-order valence-corrected chi connectivity index (χ4v) is 5.58. The van der Waals surface area contributed by atoms with E-state index in [9.17, 15) is 13.2 Å². The number of hydrogen-bond acceptors (Lipinski definition) is 4. The standard InChI is InChI=1S/C15H23N3O4S/c1-11(2)14-15(19)16-7-9-18(14)23(20,21)17-8-3-5-12(17)13-6-4-10-22-13/h4,6,10-12,14H,3,5,7-9H2,1-2H3,(H,16,19). The van der Waals surface area contributed by atoms with Crippen molar-refractivity contribution in [3.05, 3.63) is 24.2 Å². The van der Waals surface area contributed by atoms with Crippen molar-refractivity contribution in [2.45, 2.75) is 38.8 Å². The van der Waals surface area contributed by atoms with Gasteiger partial charge in [-0.15, -0.1) is 0 Å². The summed E-state index contributed by atoms with van der Waals surface area (Å²) < 4.78 is 34.6. The maximum absolute atomic E-state index is 13.2. The molecule has 1 N–H and O–H groups in total. The van der Waals surface area contributed by atoms with Crippen LogP contribution in [0.3, 0.4) is 0 Å². The number of amides is 1. The van der Waals surface area contributed by atoms with Gasteiger partial charge in [0.2, 0.25) is 5.91 Å². The molecule has 7 nitrogen and oxygen atoms in total. The number of nitrogens with zero attached hydrogens (tertiary/aromatic N) is 2. The molecule has 2 atom stereocenters. The summed E-state index contributed by atoms with van der Waals surface area (Å²) in [5.41, 5.74) is 0. The maximum Gasteiger partial charge on any atom is 0.283 e. The van der Waals surface area contributed by atoms with Crippen LogP contribution in [0.2, 0.25) is 0 Å². The summed E-state index contributed by atoms with van der Waals surface area (Å²) in [7, 11) is -3.72. The van der Waals surface area contributed by atoms with Crippen molar-refractivity contribution in [2.75, 3.05) is 19.6 Å². The molecule has 2 fully saturated rings. The van der Waals surface area contributed by atoms with Crippen molar-refractivity contribution >= 4 is 16.1 Å². The van der Waals surface area contributed by atoms with Gasteiger partial charge in [0.1, 0.15) is 11.8 Å². The Hall–Kier alpha value is -1.38. The molecule has 3 heterocycles. The second kappa shape index (κ2) is 6.26. The first kappa shape index (κ1) is 16.5. The van der Waals surface area contributed by atoms with E-state index in [-0.39, 0.29) is 17.9 Å². The van der Waals surface area contributed by atoms with Crippen LogP contribution >= 0.6 is 0 Å². The summed E-state index contributed by atoms with van der Waals surface area (Å²) in [6.45, 7) is 4.84. The van der Waals surface area contributed by atoms with Gasteiger partial charge in [-0.05, 0) is 30.9 Å². The zero-order chi connectivity index (χ0) is 16.6. The van der Waals surface area contributed by atoms with Crippen LogP contribution in [0, 0.1) is 5.92 Å². The number of carbonyl (C=O) groups excluding carboxylic acids is 1. The van der Waals surface area contributed by atoms with Crippen molar-refractivity contribution in [3.63, 3.8) is 0 Å². The maximum atomic E-state index is 13.2. The first-order valence-corrected chi connectivity index (χ1v) is 9.42. The Morgan fingerprint density at radius 3 is 2.74 bits per heavy atom. The van der Waals surface area contributed by atoms with Gasteiger partial charge in [0, 0.05) is 19.6 Å². The minimum absolute atomic E-state index is 0.0882. The van der Waals surface area contributed by atoms with Crippen LogP contribution in [-0.4, -0.2) is 48.6 Å². The van der Waals surface area contributed by atoms with E-state index < -0.39 is 16.3 Å². The molecule has 0 spiro atoms. The highest BCUT2D eigenvalue weighted by atomic mass is 32.2. The van der Waals surface area contributed by atoms with E-state index in [2.05, 4.69) is 5.32 Å². The molecule has 3 rings (SSSR count). The number of nitrogens with one attached hydrogen (secondary N) is 1. The van der Waals surface area contributed by atoms with Gasteiger partial charge in [0.15, 0.2) is 0 Å². The van der Waals surface area contributed by atoms with E-state index in [0.717, 1.165) is 12.8 Å². The second-order valence-corrected chi connectivity index (χ2v) is 8.22. The smallest absolute Gasteiger partial charge is 0.283 e. The highest BCUT2D eigenvalue weighted by Crippen LogP contribution is 2.36. The Morgan fingerprint density at radius 2 is 2.09 bits per heavy atom. The molecule has 2 aliphatic rings. The number of carbonyl (C=O) groups is 1. The van der Waals surface area contributed by atoms with Crippen molar-refractivity contribution in [1.82, 2.24) is 13.9 Å². The van der Waals surface area contributed by atoms with E-state index in [1.165, 1.54) is 8.61 Å². The molecule has 1 amide bonds. The predicted octanol–water partition coefficient (Wildman–Crippen LogP) is 1.12. The van der Waals surface area contributed by atoms with Crippen LogP contribution in [0.4, 0.5) is 0 Å². The average Bonchev–Trinajstić information content (AvgIpc) is 3.17. The largest absolute Gasteiger partial charge is 0.468 e. The van der Waals surface area contributed by atoms with Gasteiger partial charge < -0.3 is 9.73 Å². The van der Waals surface area contributed by atoms with Gasteiger partial charge in [0.25, 0.3) is 10.2 Å². The highest BCUT2D eigenvalue weighted by molar-refractivity contribution is 7.86. The molecule has 1 aromatic rings. The monoisotopic (exact) mass is 341 g/mol. The lowest BCUT2D eigenvalue weighted by Crippen LogP contribution is -2.61. The molecule has 0 saturated carbocycles. The number of piperazine rings is 1. The van der Waals surface area contributed by atoms with Crippen molar-refractivity contribution in [2.24, 2.45) is 5.92 Å². The quantitative estimate of drug-likeness (QED) is 0.889. The minimum Gasteiger partial charge on any atom is -0.468 e. The fraction of sp³-hybridized carbons (Fsp3) is 0.667. The van der Waals surface area contributed by atoms with E-state index in [1.54, 1.807) is 18.4 Å². The van der Waals surface area contributed by atoms with Crippen LogP contribution in [0.25, 0.3) is 0 Å². The summed E-state index contributed by atoms with van der Waals surface area (Å²) in [4.78, 5) is 12.2. The summed E-state index contributed by atoms with van der Waals surface area (Å²) >= 11 is 0. The molecule has 2 aliphatic heterocycles. The lowest BCUT2D eigenvalue weighted by molar-refractivity contribution is -0.128. The summed E-state index contributed by atoms with van der Waals surface area (Å²) in [5.74, 6) is 0.354. The lowest BCUT2D eigenvalue weighted by Gasteiger charge is -2.39. The molecule has 0 aliphatic carbocycles. The minimum atomic E-state index is -3.72. The van der Waals surface area contributed by atoms with E-state index in [4.69, 9.17) is 4.42 Å². The van der Waals surface area contributed by atoms with Gasteiger partial charge in [-0.25, -0.2) is 0 Å². The van der Waals surface area contributed by atoms with E-state index in [0.29, 0.717) is 25.4 Å². The van der Waals surface area contributed by atoms with Crippen LogP contribution in [0.15, 0.2) is 22.8 Å². The van der Waals surface area contributed by atoms with Gasteiger partial charge >= 0.3 is 0 Å². The van der Waals surface area contributed by atoms with Crippen molar-refractivity contribution in [1.29, 1.82) is 0 Å². The Bertz CT molecular complexity index is 656. The predicted molar refractivity (Wildman–Crippen MR) is 84.7 cm³/mol. The third kappa shape index (κ3) is 2.90. The number of furan rings is 1. The van der Waals surface area contributed by atoms with E-state index >= 15 is 0 Å².